The van der Waals surface area contributed by atoms with E-state index in [4.69, 9.17) is 10.5 Å². The Morgan fingerprint density at radius 2 is 1.17 bits per heavy atom. The van der Waals surface area contributed by atoms with Crippen molar-refractivity contribution in [1.29, 1.82) is 0 Å². The summed E-state index contributed by atoms with van der Waals surface area (Å²) >= 11 is 0. The van der Waals surface area contributed by atoms with E-state index in [0.717, 1.165) is 33.4 Å². The van der Waals surface area contributed by atoms with Gasteiger partial charge in [-0.1, -0.05) is 146 Å². The third-order valence-electron chi connectivity index (χ3n) is 8.49. The second kappa shape index (κ2) is 16.7. The maximum absolute atomic E-state index is 14.9. The zero-order valence-corrected chi connectivity index (χ0v) is 27.1. The minimum Gasteiger partial charge on any atom is -0.445 e. The predicted octanol–water partition coefficient (Wildman–Crippen LogP) is 7.64. The van der Waals surface area contributed by atoms with E-state index in [0.29, 0.717) is 6.42 Å². The molecule has 3 N–H and O–H groups in total. The van der Waals surface area contributed by atoms with Gasteiger partial charge in [-0.15, -0.1) is 0 Å². The van der Waals surface area contributed by atoms with Gasteiger partial charge in [0.2, 0.25) is 11.8 Å². The molecule has 5 aromatic carbocycles. The van der Waals surface area contributed by atoms with Crippen LogP contribution in [0.25, 0.3) is 11.1 Å². The first kappa shape index (κ1) is 33.7. The number of nitrogens with zero attached hydrogens (tertiary/aromatic N) is 1. The summed E-state index contributed by atoms with van der Waals surface area (Å²) < 4.78 is 5.33. The Labute approximate surface area is 282 Å². The third kappa shape index (κ3) is 8.76. The van der Waals surface area contributed by atoms with Crippen molar-refractivity contribution in [2.45, 2.75) is 44.4 Å². The molecule has 5 rings (SSSR count). The van der Waals surface area contributed by atoms with E-state index < -0.39 is 30.0 Å². The lowest BCUT2D eigenvalue weighted by molar-refractivity contribution is -0.142. The van der Waals surface area contributed by atoms with Gasteiger partial charge in [0.05, 0.1) is 12.0 Å². The van der Waals surface area contributed by atoms with Crippen LogP contribution in [0.5, 0.6) is 0 Å². The molecule has 7 heteroatoms. The summed E-state index contributed by atoms with van der Waals surface area (Å²) in [6.45, 7) is 2.33. The lowest BCUT2D eigenvalue weighted by atomic mass is 9.88. The fourth-order valence-electron chi connectivity index (χ4n) is 5.96. The van der Waals surface area contributed by atoms with Gasteiger partial charge in [-0.05, 0) is 53.1 Å². The molecular formula is C41H41N3O4. The number of ether oxygens (including phenoxy) is 1. The summed E-state index contributed by atoms with van der Waals surface area (Å²) in [5, 5.41) is 2.76. The lowest BCUT2D eigenvalue weighted by Gasteiger charge is -2.38. The van der Waals surface area contributed by atoms with Crippen molar-refractivity contribution in [3.8, 4) is 11.1 Å². The first-order valence-corrected chi connectivity index (χ1v) is 16.2. The van der Waals surface area contributed by atoms with Crippen molar-refractivity contribution in [2.24, 2.45) is 5.73 Å². The first-order chi connectivity index (χ1) is 23.4. The van der Waals surface area contributed by atoms with E-state index in [-0.39, 0.29) is 25.5 Å². The monoisotopic (exact) mass is 639 g/mol. The maximum Gasteiger partial charge on any atom is 0.407 e. The van der Waals surface area contributed by atoms with Crippen LogP contribution in [0.3, 0.4) is 0 Å². The molecule has 0 aromatic heterocycles. The summed E-state index contributed by atoms with van der Waals surface area (Å²) in [6.07, 6.45) is 0.101. The molecule has 0 fully saturated rings. The number of carbonyl (C=O) groups excluding carboxylic acids is 3. The number of carbonyl (C=O) groups is 3. The zero-order chi connectivity index (χ0) is 33.7. The fraction of sp³-hybridized carbons (Fsp3) is 0.195. The van der Waals surface area contributed by atoms with E-state index in [2.05, 4.69) is 5.32 Å². The topological polar surface area (TPSA) is 102 Å². The molecule has 5 aromatic rings. The van der Waals surface area contributed by atoms with E-state index in [1.807, 2.05) is 153 Å². The number of hydrogen-bond donors (Lipinski definition) is 2. The second-order valence-electron chi connectivity index (χ2n) is 11.7. The molecule has 7 nitrogen and oxygen atoms in total. The van der Waals surface area contributed by atoms with Crippen molar-refractivity contribution >= 4 is 17.9 Å². The molecule has 0 aliphatic rings. The van der Waals surface area contributed by atoms with Crippen LogP contribution in [-0.2, 0) is 20.9 Å². The van der Waals surface area contributed by atoms with Crippen LogP contribution in [0.4, 0.5) is 4.79 Å². The second-order valence-corrected chi connectivity index (χ2v) is 11.7. The average Bonchev–Trinajstić information content (AvgIpc) is 3.13. The molecule has 48 heavy (non-hydrogen) atoms. The van der Waals surface area contributed by atoms with Crippen LogP contribution in [0.2, 0.25) is 0 Å². The summed E-state index contributed by atoms with van der Waals surface area (Å²) in [7, 11) is 0. The molecule has 0 aliphatic heterocycles. The summed E-state index contributed by atoms with van der Waals surface area (Å²) in [4.78, 5) is 42.1. The van der Waals surface area contributed by atoms with Crippen LogP contribution in [0.1, 0.15) is 54.0 Å². The Morgan fingerprint density at radius 3 is 1.71 bits per heavy atom. The highest BCUT2D eigenvalue weighted by Gasteiger charge is 2.37. The molecule has 0 unspecified atom stereocenters. The molecule has 244 valence electrons. The molecule has 2 atom stereocenters. The Bertz CT molecular complexity index is 1710. The summed E-state index contributed by atoms with van der Waals surface area (Å²) in [5.41, 5.74) is 11.6. The molecule has 0 saturated heterocycles. The number of nitrogens with one attached hydrogen (secondary N) is 1. The van der Waals surface area contributed by atoms with Crippen LogP contribution in [0, 0.1) is 0 Å². The van der Waals surface area contributed by atoms with Gasteiger partial charge in [0, 0.05) is 6.54 Å². The molecular weight excluding hydrogens is 598 g/mol. The SMILES string of the molecule is C[C@H](c1ccc(-c2ccccc2)cc1)N(C(=O)C(c1ccccc1)c1ccccc1)[C@H](CCCNC(=O)OCc1ccccc1)C(N)=O. The highest BCUT2D eigenvalue weighted by Crippen LogP contribution is 2.34. The van der Waals surface area contributed by atoms with Gasteiger partial charge in [0.1, 0.15) is 12.6 Å². The molecule has 0 aliphatic carbocycles. The maximum atomic E-state index is 14.9. The van der Waals surface area contributed by atoms with Crippen molar-refractivity contribution in [3.05, 3.63) is 168 Å². The van der Waals surface area contributed by atoms with E-state index in [9.17, 15) is 14.4 Å². The number of benzene rings is 5. The quantitative estimate of drug-likeness (QED) is 0.122. The summed E-state index contributed by atoms with van der Waals surface area (Å²) in [6, 6.07) is 45.3. The van der Waals surface area contributed by atoms with E-state index >= 15 is 0 Å². The van der Waals surface area contributed by atoms with Crippen LogP contribution in [-0.4, -0.2) is 35.4 Å². The highest BCUT2D eigenvalue weighted by atomic mass is 16.5. The van der Waals surface area contributed by atoms with Gasteiger partial charge in [-0.3, -0.25) is 9.59 Å². The third-order valence-corrected chi connectivity index (χ3v) is 8.49. The van der Waals surface area contributed by atoms with Gasteiger partial charge in [-0.25, -0.2) is 4.79 Å². The number of amides is 3. The number of rotatable bonds is 14. The van der Waals surface area contributed by atoms with Crippen LogP contribution >= 0.6 is 0 Å². The average molecular weight is 640 g/mol. The van der Waals surface area contributed by atoms with Gasteiger partial charge < -0.3 is 20.7 Å². The first-order valence-electron chi connectivity index (χ1n) is 16.2. The van der Waals surface area contributed by atoms with Gasteiger partial charge in [-0.2, -0.15) is 0 Å². The van der Waals surface area contributed by atoms with Crippen LogP contribution in [0.15, 0.2) is 146 Å². The van der Waals surface area contributed by atoms with Crippen molar-refractivity contribution in [2.75, 3.05) is 6.54 Å². The van der Waals surface area contributed by atoms with Gasteiger partial charge in [0.15, 0.2) is 0 Å². The fourth-order valence-corrected chi connectivity index (χ4v) is 5.96. The van der Waals surface area contributed by atoms with Crippen LogP contribution < -0.4 is 11.1 Å². The number of nitrogens with two attached hydrogens (primary N) is 1. The Morgan fingerprint density at radius 1 is 0.667 bits per heavy atom. The van der Waals surface area contributed by atoms with Crippen molar-refractivity contribution in [3.63, 3.8) is 0 Å². The Balaban J connectivity index is 1.40. The minimum absolute atomic E-state index is 0.153. The summed E-state index contributed by atoms with van der Waals surface area (Å²) in [5.74, 6) is -1.50. The largest absolute Gasteiger partial charge is 0.445 e. The molecule has 0 bridgehead atoms. The number of hydrogen-bond acceptors (Lipinski definition) is 4. The Kier molecular flexibility index (Phi) is 11.7. The zero-order valence-electron chi connectivity index (χ0n) is 27.1. The van der Waals surface area contributed by atoms with Crippen molar-refractivity contribution < 1.29 is 19.1 Å². The number of alkyl carbamates (subject to hydrolysis) is 1. The van der Waals surface area contributed by atoms with Crippen molar-refractivity contribution in [1.82, 2.24) is 10.2 Å². The molecule has 0 heterocycles. The number of primary amides is 1. The predicted molar refractivity (Wildman–Crippen MR) is 189 cm³/mol. The normalized spacial score (nSPS) is 12.1. The standard InChI is InChI=1S/C41H41N3O4/c1-30(32-24-26-34(27-25-32)33-17-8-3-9-18-33)44(40(46)38(35-19-10-4-11-20-35)36-21-12-5-13-22-36)37(39(42)45)23-14-28-43-41(47)48-29-31-15-6-2-7-16-31/h2-13,15-22,24-27,30,37-38H,14,23,28-29H2,1H3,(H2,42,45)(H,43,47)/t30-,37-/m1/s1. The molecule has 0 radical (unpaired) electrons. The minimum atomic E-state index is -0.932. The van der Waals surface area contributed by atoms with Gasteiger partial charge >= 0.3 is 6.09 Å². The van der Waals surface area contributed by atoms with E-state index in [1.54, 1.807) is 4.90 Å². The smallest absolute Gasteiger partial charge is 0.407 e. The van der Waals surface area contributed by atoms with Gasteiger partial charge in [0.25, 0.3) is 0 Å². The molecule has 0 spiro atoms. The molecule has 0 saturated carbocycles. The van der Waals surface area contributed by atoms with E-state index in [1.165, 1.54) is 0 Å². The Hall–Kier alpha value is -5.69. The lowest BCUT2D eigenvalue weighted by Crippen LogP contribution is -2.51. The molecule has 3 amide bonds. The highest BCUT2D eigenvalue weighted by molar-refractivity contribution is 5.92.